The van der Waals surface area contributed by atoms with Crippen molar-refractivity contribution in [1.82, 2.24) is 9.88 Å². The molecule has 1 saturated heterocycles. The molecule has 1 aromatic heterocycles. The normalized spacial score (nSPS) is 14.1. The van der Waals surface area contributed by atoms with Crippen LogP contribution in [-0.2, 0) is 0 Å². The number of hydrogen-bond donors (Lipinski definition) is 1. The fraction of sp³-hybridized carbons (Fsp3) is 0.429. The van der Waals surface area contributed by atoms with Crippen molar-refractivity contribution < 1.29 is 9.18 Å². The predicted octanol–water partition coefficient (Wildman–Crippen LogP) is 3.07. The Morgan fingerprint density at radius 1 is 1.14 bits per heavy atom. The zero-order chi connectivity index (χ0) is 20.1. The van der Waals surface area contributed by atoms with Gasteiger partial charge < -0.3 is 20.0 Å². The fourth-order valence-corrected chi connectivity index (χ4v) is 3.40. The Kier molecular flexibility index (Phi) is 6.34. The van der Waals surface area contributed by atoms with E-state index >= 15 is 0 Å². The summed E-state index contributed by atoms with van der Waals surface area (Å²) in [5.74, 6) is 0.412. The maximum atomic E-state index is 14.1. The van der Waals surface area contributed by atoms with Crippen LogP contribution in [-0.4, -0.2) is 62.6 Å². The standard InChI is InChI=1S/C21H28FN5O/c1-4-10-23-17-9-11-24-20(19(17)21(28)25(2)3)27-14-12-26(13-15-27)18-8-6-5-7-16(18)22/h5-9,11H,4,10,12-15H2,1-3H3,(H,23,24). The van der Waals surface area contributed by atoms with Crippen molar-refractivity contribution in [2.75, 3.05) is 61.9 Å². The van der Waals surface area contributed by atoms with Gasteiger partial charge in [0.25, 0.3) is 5.91 Å². The van der Waals surface area contributed by atoms with E-state index in [-0.39, 0.29) is 11.7 Å². The molecule has 0 unspecified atom stereocenters. The molecule has 6 nitrogen and oxygen atoms in total. The van der Waals surface area contributed by atoms with Crippen LogP contribution in [0.3, 0.4) is 0 Å². The van der Waals surface area contributed by atoms with Crippen molar-refractivity contribution in [3.63, 3.8) is 0 Å². The summed E-state index contributed by atoms with van der Waals surface area (Å²) in [7, 11) is 3.50. The molecular formula is C21H28FN5O. The van der Waals surface area contributed by atoms with Crippen molar-refractivity contribution in [1.29, 1.82) is 0 Å². The molecule has 3 rings (SSSR count). The van der Waals surface area contributed by atoms with Gasteiger partial charge in [0.05, 0.1) is 11.4 Å². The van der Waals surface area contributed by atoms with Crippen LogP contribution >= 0.6 is 0 Å². The van der Waals surface area contributed by atoms with Crippen LogP contribution in [0.15, 0.2) is 36.5 Å². The number of nitrogens with one attached hydrogen (secondary N) is 1. The molecule has 150 valence electrons. The van der Waals surface area contributed by atoms with E-state index in [1.807, 2.05) is 17.0 Å². The molecule has 0 radical (unpaired) electrons. The van der Waals surface area contributed by atoms with E-state index in [0.29, 0.717) is 43.2 Å². The Morgan fingerprint density at radius 3 is 2.46 bits per heavy atom. The van der Waals surface area contributed by atoms with Crippen LogP contribution in [0.2, 0.25) is 0 Å². The van der Waals surface area contributed by atoms with Gasteiger partial charge in [0.15, 0.2) is 0 Å². The van der Waals surface area contributed by atoms with E-state index in [0.717, 1.165) is 18.7 Å². The molecule has 28 heavy (non-hydrogen) atoms. The highest BCUT2D eigenvalue weighted by Gasteiger charge is 2.26. The maximum Gasteiger partial charge on any atom is 0.259 e. The van der Waals surface area contributed by atoms with E-state index in [1.54, 1.807) is 37.3 Å². The van der Waals surface area contributed by atoms with Gasteiger partial charge in [-0.15, -0.1) is 0 Å². The van der Waals surface area contributed by atoms with Crippen molar-refractivity contribution in [3.8, 4) is 0 Å². The molecule has 7 heteroatoms. The number of aromatic nitrogens is 1. The topological polar surface area (TPSA) is 51.7 Å². The van der Waals surface area contributed by atoms with Crippen LogP contribution in [0.1, 0.15) is 23.7 Å². The zero-order valence-corrected chi connectivity index (χ0v) is 16.8. The zero-order valence-electron chi connectivity index (χ0n) is 16.8. The Morgan fingerprint density at radius 2 is 1.82 bits per heavy atom. The van der Waals surface area contributed by atoms with Gasteiger partial charge in [-0.2, -0.15) is 0 Å². The average molecular weight is 385 g/mol. The van der Waals surface area contributed by atoms with Crippen LogP contribution in [0.25, 0.3) is 0 Å². The molecule has 0 spiro atoms. The van der Waals surface area contributed by atoms with Gasteiger partial charge in [0.2, 0.25) is 0 Å². The fourth-order valence-electron chi connectivity index (χ4n) is 3.40. The number of benzene rings is 1. The van der Waals surface area contributed by atoms with Gasteiger partial charge in [-0.3, -0.25) is 4.79 Å². The number of rotatable bonds is 6. The molecule has 0 saturated carbocycles. The van der Waals surface area contributed by atoms with Gasteiger partial charge in [-0.1, -0.05) is 19.1 Å². The monoisotopic (exact) mass is 385 g/mol. The molecule has 1 aliphatic rings. The number of hydrogen-bond acceptors (Lipinski definition) is 5. The lowest BCUT2D eigenvalue weighted by molar-refractivity contribution is 0.0828. The van der Waals surface area contributed by atoms with Crippen molar-refractivity contribution in [2.24, 2.45) is 0 Å². The molecule has 1 aromatic carbocycles. The second kappa shape index (κ2) is 8.91. The summed E-state index contributed by atoms with van der Waals surface area (Å²) in [6.45, 7) is 5.57. The van der Waals surface area contributed by atoms with E-state index in [1.165, 1.54) is 6.07 Å². The molecule has 1 aliphatic heterocycles. The second-order valence-corrected chi connectivity index (χ2v) is 7.11. The van der Waals surface area contributed by atoms with Crippen LogP contribution in [0.4, 0.5) is 21.6 Å². The predicted molar refractivity (Wildman–Crippen MR) is 112 cm³/mol. The van der Waals surface area contributed by atoms with E-state index in [4.69, 9.17) is 0 Å². The first-order valence-corrected chi connectivity index (χ1v) is 9.72. The van der Waals surface area contributed by atoms with Gasteiger partial charge in [0, 0.05) is 53.0 Å². The molecule has 2 aromatic rings. The molecular weight excluding hydrogens is 357 g/mol. The minimum absolute atomic E-state index is 0.0711. The Bertz CT molecular complexity index is 818. The SMILES string of the molecule is CCCNc1ccnc(N2CCN(c3ccccc3F)CC2)c1C(=O)N(C)C. The molecule has 1 N–H and O–H groups in total. The highest BCUT2D eigenvalue weighted by molar-refractivity contribution is 6.04. The van der Waals surface area contributed by atoms with Gasteiger partial charge in [0.1, 0.15) is 17.2 Å². The van der Waals surface area contributed by atoms with Crippen LogP contribution in [0, 0.1) is 5.82 Å². The number of piperazine rings is 1. The first-order chi connectivity index (χ1) is 13.5. The first-order valence-electron chi connectivity index (χ1n) is 9.72. The third-order valence-electron chi connectivity index (χ3n) is 4.89. The summed E-state index contributed by atoms with van der Waals surface area (Å²) in [6, 6.07) is 8.70. The molecule has 1 amide bonds. The molecule has 0 aliphatic carbocycles. The number of carbonyl (C=O) groups excluding carboxylic acids is 1. The number of pyridine rings is 1. The highest BCUT2D eigenvalue weighted by atomic mass is 19.1. The van der Waals surface area contributed by atoms with Crippen LogP contribution < -0.4 is 15.1 Å². The third-order valence-corrected chi connectivity index (χ3v) is 4.89. The quantitative estimate of drug-likeness (QED) is 0.828. The Labute approximate surface area is 166 Å². The largest absolute Gasteiger partial charge is 0.384 e. The minimum atomic E-state index is -0.205. The van der Waals surface area contributed by atoms with Crippen molar-refractivity contribution in [2.45, 2.75) is 13.3 Å². The number of halogens is 1. The summed E-state index contributed by atoms with van der Waals surface area (Å²) < 4.78 is 14.1. The lowest BCUT2D eigenvalue weighted by atomic mass is 10.1. The summed E-state index contributed by atoms with van der Waals surface area (Å²) >= 11 is 0. The average Bonchev–Trinajstić information content (AvgIpc) is 2.72. The lowest BCUT2D eigenvalue weighted by Gasteiger charge is -2.37. The number of anilines is 3. The second-order valence-electron chi connectivity index (χ2n) is 7.11. The third kappa shape index (κ3) is 4.18. The molecule has 0 atom stereocenters. The first kappa shape index (κ1) is 19.9. The number of para-hydroxylation sites is 1. The Hall–Kier alpha value is -2.83. The van der Waals surface area contributed by atoms with E-state index in [9.17, 15) is 9.18 Å². The van der Waals surface area contributed by atoms with E-state index < -0.39 is 0 Å². The van der Waals surface area contributed by atoms with Gasteiger partial charge in [-0.25, -0.2) is 9.37 Å². The van der Waals surface area contributed by atoms with Crippen molar-refractivity contribution in [3.05, 3.63) is 47.9 Å². The van der Waals surface area contributed by atoms with E-state index in [2.05, 4.69) is 22.1 Å². The molecule has 0 bridgehead atoms. The highest BCUT2D eigenvalue weighted by Crippen LogP contribution is 2.29. The number of nitrogens with zero attached hydrogens (tertiary/aromatic N) is 4. The summed E-state index contributed by atoms with van der Waals surface area (Å²) in [5, 5.41) is 3.35. The minimum Gasteiger partial charge on any atom is -0.384 e. The summed E-state index contributed by atoms with van der Waals surface area (Å²) in [4.78, 5) is 23.2. The summed E-state index contributed by atoms with van der Waals surface area (Å²) in [6.07, 6.45) is 2.71. The Balaban J connectivity index is 1.84. The maximum absolute atomic E-state index is 14.1. The summed E-state index contributed by atoms with van der Waals surface area (Å²) in [5.41, 5.74) is 2.03. The van der Waals surface area contributed by atoms with Gasteiger partial charge in [-0.05, 0) is 24.6 Å². The van der Waals surface area contributed by atoms with Crippen molar-refractivity contribution >= 4 is 23.1 Å². The number of amides is 1. The molecule has 1 fully saturated rings. The van der Waals surface area contributed by atoms with Gasteiger partial charge >= 0.3 is 0 Å². The molecule has 2 heterocycles. The lowest BCUT2D eigenvalue weighted by Crippen LogP contribution is -2.47. The smallest absolute Gasteiger partial charge is 0.259 e. The van der Waals surface area contributed by atoms with Crippen LogP contribution in [0.5, 0.6) is 0 Å². The number of carbonyl (C=O) groups is 1.